The number of nitrogens with one attached hydrogen (secondary N) is 2. The second kappa shape index (κ2) is 13.6. The van der Waals surface area contributed by atoms with Gasteiger partial charge in [0.1, 0.15) is 0 Å². The highest BCUT2D eigenvalue weighted by atomic mass is 19.4. The lowest BCUT2D eigenvalue weighted by molar-refractivity contribution is -0.138. The van der Waals surface area contributed by atoms with Gasteiger partial charge in [0.2, 0.25) is 0 Å². The van der Waals surface area contributed by atoms with Gasteiger partial charge in [-0.3, -0.25) is 4.79 Å². The van der Waals surface area contributed by atoms with Gasteiger partial charge in [-0.2, -0.15) is 13.2 Å². The normalized spacial score (nSPS) is 11.5. The molecule has 0 saturated heterocycles. The Labute approximate surface area is 235 Å². The molecule has 0 saturated carbocycles. The smallest absolute Gasteiger partial charge is 0.334 e. The molecule has 0 heterocycles. The highest BCUT2D eigenvalue weighted by Gasteiger charge is 2.33. The number of anilines is 1. The van der Waals surface area contributed by atoms with Crippen LogP contribution in [0.2, 0.25) is 0 Å². The fraction of sp³-hybridized carbons (Fsp3) is 0.394. The van der Waals surface area contributed by atoms with Crippen molar-refractivity contribution in [3.63, 3.8) is 0 Å². The van der Waals surface area contributed by atoms with Gasteiger partial charge in [-0.15, -0.1) is 0 Å². The fourth-order valence-corrected chi connectivity index (χ4v) is 4.79. The van der Waals surface area contributed by atoms with Crippen molar-refractivity contribution < 1.29 is 22.8 Å². The molecule has 3 aromatic carbocycles. The third-order valence-corrected chi connectivity index (χ3v) is 7.06. The van der Waals surface area contributed by atoms with E-state index in [9.17, 15) is 22.8 Å². The van der Waals surface area contributed by atoms with Crippen LogP contribution in [0.15, 0.2) is 54.6 Å². The number of Topliss-reactive ketones (excluding diaryl/α,β-unsaturated/α-hetero) is 1. The summed E-state index contributed by atoms with van der Waals surface area (Å²) in [6.07, 6.45) is -1.00. The average Bonchev–Trinajstić information content (AvgIpc) is 2.89. The maximum atomic E-state index is 13.6. The van der Waals surface area contributed by atoms with Crippen molar-refractivity contribution in [2.24, 2.45) is 5.92 Å². The Hall–Kier alpha value is -3.61. The summed E-state index contributed by atoms with van der Waals surface area (Å²) in [7, 11) is 0. The van der Waals surface area contributed by atoms with Crippen molar-refractivity contribution in [1.82, 2.24) is 5.32 Å². The predicted octanol–water partition coefficient (Wildman–Crippen LogP) is 8.81. The van der Waals surface area contributed by atoms with E-state index in [1.807, 2.05) is 56.3 Å². The van der Waals surface area contributed by atoms with Crippen molar-refractivity contribution in [2.45, 2.75) is 79.4 Å². The zero-order valence-electron chi connectivity index (χ0n) is 24.0. The second-order valence-corrected chi connectivity index (χ2v) is 10.8. The Morgan fingerprint density at radius 1 is 0.900 bits per heavy atom. The third kappa shape index (κ3) is 8.70. The Bertz CT molecular complexity index is 1350. The summed E-state index contributed by atoms with van der Waals surface area (Å²) < 4.78 is 40.7. The minimum Gasteiger partial charge on any atom is -0.334 e. The molecule has 0 fully saturated rings. The van der Waals surface area contributed by atoms with E-state index in [-0.39, 0.29) is 23.6 Å². The summed E-state index contributed by atoms with van der Waals surface area (Å²) >= 11 is 0. The highest BCUT2D eigenvalue weighted by molar-refractivity contribution is 5.96. The number of urea groups is 1. The van der Waals surface area contributed by atoms with Gasteiger partial charge in [-0.05, 0) is 84.5 Å². The molecule has 2 N–H and O–H groups in total. The SMILES string of the molecule is CCC(=O)c1cccc(Cc2ccc(CNC(=O)Nc3cc(C(F)(F)F)c(C)cc3CCCC(C)C)cc2C)c1. The number of hydrogen-bond donors (Lipinski definition) is 2. The third-order valence-electron chi connectivity index (χ3n) is 7.06. The first-order valence-electron chi connectivity index (χ1n) is 13.8. The van der Waals surface area contributed by atoms with E-state index in [1.165, 1.54) is 13.0 Å². The van der Waals surface area contributed by atoms with E-state index >= 15 is 0 Å². The van der Waals surface area contributed by atoms with Crippen LogP contribution in [-0.2, 0) is 25.6 Å². The molecule has 0 bridgehead atoms. The first-order valence-corrected chi connectivity index (χ1v) is 13.8. The number of carbonyl (C=O) groups excluding carboxylic acids is 2. The quantitative estimate of drug-likeness (QED) is 0.234. The Morgan fingerprint density at radius 2 is 1.65 bits per heavy atom. The number of halogens is 3. The number of benzene rings is 3. The maximum Gasteiger partial charge on any atom is 0.416 e. The zero-order chi connectivity index (χ0) is 29.4. The molecule has 4 nitrogen and oxygen atoms in total. The van der Waals surface area contributed by atoms with Gasteiger partial charge in [0.25, 0.3) is 0 Å². The molecule has 2 amide bonds. The first kappa shape index (κ1) is 30.9. The van der Waals surface area contributed by atoms with Gasteiger partial charge in [-0.1, -0.05) is 69.7 Å². The maximum absolute atomic E-state index is 13.6. The zero-order valence-corrected chi connectivity index (χ0v) is 24.0. The molecule has 0 atom stereocenters. The monoisotopic (exact) mass is 552 g/mol. The van der Waals surface area contributed by atoms with Crippen LogP contribution in [0, 0.1) is 19.8 Å². The lowest BCUT2D eigenvalue weighted by atomic mass is 9.96. The number of aryl methyl sites for hydroxylation is 3. The minimum atomic E-state index is -4.50. The van der Waals surface area contributed by atoms with Crippen LogP contribution >= 0.6 is 0 Å². The van der Waals surface area contributed by atoms with Crippen LogP contribution in [0.3, 0.4) is 0 Å². The van der Waals surface area contributed by atoms with Crippen molar-refractivity contribution in [2.75, 3.05) is 5.32 Å². The molecule has 40 heavy (non-hydrogen) atoms. The molecule has 3 aromatic rings. The summed E-state index contributed by atoms with van der Waals surface area (Å²) in [5.74, 6) is 0.599. The Morgan fingerprint density at radius 3 is 2.30 bits per heavy atom. The van der Waals surface area contributed by atoms with Crippen LogP contribution in [0.25, 0.3) is 0 Å². The van der Waals surface area contributed by atoms with Gasteiger partial charge in [0, 0.05) is 24.2 Å². The van der Waals surface area contributed by atoms with Gasteiger partial charge in [0.05, 0.1) is 5.56 Å². The molecule has 0 aliphatic heterocycles. The lowest BCUT2D eigenvalue weighted by Crippen LogP contribution is -2.29. The number of alkyl halides is 3. The number of ketones is 1. The van der Waals surface area contributed by atoms with Crippen LogP contribution in [-0.4, -0.2) is 11.8 Å². The second-order valence-electron chi connectivity index (χ2n) is 10.8. The Kier molecular flexibility index (Phi) is 10.5. The molecule has 0 spiro atoms. The molecule has 0 unspecified atom stereocenters. The van der Waals surface area contributed by atoms with Crippen LogP contribution in [0.5, 0.6) is 0 Å². The number of hydrogen-bond acceptors (Lipinski definition) is 2. The molecular formula is C33H39F3N2O2. The standard InChI is InChI=1S/C33H39F3N2O2/c1-6-31(39)28-12-8-10-24(18-28)17-26-14-13-25(15-22(26)4)20-37-32(40)38-30-19-29(33(34,35)36)23(5)16-27(30)11-7-9-21(2)3/h8,10,12-16,18-19,21H,6-7,9,11,17,20H2,1-5H3,(H2,37,38,40). The van der Waals surface area contributed by atoms with Crippen molar-refractivity contribution in [3.05, 3.63) is 99.1 Å². The van der Waals surface area contributed by atoms with Crippen LogP contribution < -0.4 is 10.6 Å². The molecule has 0 radical (unpaired) electrons. The van der Waals surface area contributed by atoms with E-state index in [4.69, 9.17) is 0 Å². The van der Waals surface area contributed by atoms with Crippen LogP contribution in [0.4, 0.5) is 23.7 Å². The minimum absolute atomic E-state index is 0.112. The van der Waals surface area contributed by atoms with Gasteiger partial charge < -0.3 is 10.6 Å². The Balaban J connectivity index is 1.68. The van der Waals surface area contributed by atoms with Gasteiger partial charge >= 0.3 is 12.2 Å². The molecule has 0 aromatic heterocycles. The van der Waals surface area contributed by atoms with E-state index in [0.29, 0.717) is 36.3 Å². The fourth-order valence-electron chi connectivity index (χ4n) is 4.79. The van der Waals surface area contributed by atoms with Crippen molar-refractivity contribution >= 4 is 17.5 Å². The lowest BCUT2D eigenvalue weighted by Gasteiger charge is -2.18. The number of carbonyl (C=O) groups is 2. The first-order chi connectivity index (χ1) is 18.9. The van der Waals surface area contributed by atoms with E-state index in [0.717, 1.165) is 41.2 Å². The summed E-state index contributed by atoms with van der Waals surface area (Å²) in [6.45, 7) is 9.73. The van der Waals surface area contributed by atoms with Gasteiger partial charge in [0.15, 0.2) is 5.78 Å². The molecule has 3 rings (SSSR count). The highest BCUT2D eigenvalue weighted by Crippen LogP contribution is 2.35. The van der Waals surface area contributed by atoms with E-state index < -0.39 is 17.8 Å². The topological polar surface area (TPSA) is 58.2 Å². The number of rotatable bonds is 11. The summed E-state index contributed by atoms with van der Waals surface area (Å²) in [5.41, 5.74) is 5.09. The predicted molar refractivity (Wildman–Crippen MR) is 155 cm³/mol. The van der Waals surface area contributed by atoms with Crippen molar-refractivity contribution in [3.8, 4) is 0 Å². The van der Waals surface area contributed by atoms with Crippen LogP contribution in [0.1, 0.15) is 89.3 Å². The average molecular weight is 553 g/mol. The summed E-state index contributed by atoms with van der Waals surface area (Å²) in [4.78, 5) is 24.8. The molecule has 0 aliphatic rings. The summed E-state index contributed by atoms with van der Waals surface area (Å²) in [5, 5.41) is 5.43. The molecular weight excluding hydrogens is 513 g/mol. The molecule has 214 valence electrons. The van der Waals surface area contributed by atoms with E-state index in [1.54, 1.807) is 0 Å². The molecule has 7 heteroatoms. The molecule has 0 aliphatic carbocycles. The number of amides is 2. The van der Waals surface area contributed by atoms with Gasteiger partial charge in [-0.25, -0.2) is 4.79 Å². The summed E-state index contributed by atoms with van der Waals surface area (Å²) in [6, 6.07) is 15.6. The largest absolute Gasteiger partial charge is 0.416 e. The van der Waals surface area contributed by atoms with Crippen molar-refractivity contribution in [1.29, 1.82) is 0 Å². The van der Waals surface area contributed by atoms with E-state index in [2.05, 4.69) is 24.5 Å².